The molecular weight excluding hydrogens is 212 g/mol. The highest BCUT2D eigenvalue weighted by atomic mass is 16.6. The first kappa shape index (κ1) is 12.6. The van der Waals surface area contributed by atoms with Crippen molar-refractivity contribution in [2.24, 2.45) is 0 Å². The lowest BCUT2D eigenvalue weighted by Gasteiger charge is -2.20. The van der Waals surface area contributed by atoms with Crippen LogP contribution in [-0.4, -0.2) is 34.8 Å². The van der Waals surface area contributed by atoms with Gasteiger partial charge in [0.25, 0.3) is 5.69 Å². The van der Waals surface area contributed by atoms with Gasteiger partial charge in [-0.25, -0.2) is 0 Å². The van der Waals surface area contributed by atoms with Crippen LogP contribution in [0.5, 0.6) is 0 Å². The third-order valence-electron chi connectivity index (χ3n) is 2.39. The van der Waals surface area contributed by atoms with E-state index in [2.05, 4.69) is 5.32 Å². The number of nitro groups is 1. The Hall–Kier alpha value is -1.50. The van der Waals surface area contributed by atoms with Crippen molar-refractivity contribution in [3.8, 4) is 0 Å². The molecule has 0 spiro atoms. The zero-order chi connectivity index (χ0) is 12.1. The van der Waals surface area contributed by atoms with Gasteiger partial charge in [0.2, 0.25) is 0 Å². The fraction of sp³-hybridized carbons (Fsp3) is 0.400. The van der Waals surface area contributed by atoms with Crippen LogP contribution in [-0.2, 0) is 0 Å². The zero-order valence-electron chi connectivity index (χ0n) is 8.83. The van der Waals surface area contributed by atoms with Gasteiger partial charge >= 0.3 is 0 Å². The van der Waals surface area contributed by atoms with E-state index >= 15 is 0 Å². The van der Waals surface area contributed by atoms with E-state index in [0.717, 1.165) is 0 Å². The Kier molecular flexibility index (Phi) is 4.36. The molecule has 1 aromatic rings. The molecule has 1 rings (SSSR count). The SMILES string of the molecule is CN[C@@H](CO)[C@@H](O)c1ccc([N+](=O)[O-])cc1. The number of nitro benzene ring substituents is 1. The molecule has 2 atom stereocenters. The number of rotatable bonds is 5. The summed E-state index contributed by atoms with van der Waals surface area (Å²) in [6.07, 6.45) is -0.893. The molecule has 0 unspecified atom stereocenters. The molecule has 1 aromatic carbocycles. The Morgan fingerprint density at radius 3 is 2.38 bits per heavy atom. The number of nitrogens with one attached hydrogen (secondary N) is 1. The van der Waals surface area contributed by atoms with Crippen LogP contribution in [0.25, 0.3) is 0 Å². The molecule has 6 heteroatoms. The normalized spacial score (nSPS) is 14.4. The lowest BCUT2D eigenvalue weighted by Crippen LogP contribution is -2.35. The van der Waals surface area contributed by atoms with Crippen LogP contribution < -0.4 is 5.32 Å². The highest BCUT2D eigenvalue weighted by molar-refractivity contribution is 5.34. The molecular formula is C10H14N2O4. The van der Waals surface area contributed by atoms with Crippen molar-refractivity contribution < 1.29 is 15.1 Å². The second-order valence-corrected chi connectivity index (χ2v) is 3.37. The summed E-state index contributed by atoms with van der Waals surface area (Å²) in [4.78, 5) is 9.92. The van der Waals surface area contributed by atoms with Gasteiger partial charge in [-0.15, -0.1) is 0 Å². The fourth-order valence-corrected chi connectivity index (χ4v) is 1.37. The standard InChI is InChI=1S/C10H14N2O4/c1-11-9(6-13)10(14)7-2-4-8(5-3-7)12(15)16/h2-5,9-11,13-14H,6H2,1H3/t9-,10-/m0/s1. The molecule has 0 radical (unpaired) electrons. The van der Waals surface area contributed by atoms with Crippen molar-refractivity contribution in [1.82, 2.24) is 5.32 Å². The average molecular weight is 226 g/mol. The first-order chi connectivity index (χ1) is 7.60. The number of benzene rings is 1. The summed E-state index contributed by atoms with van der Waals surface area (Å²) < 4.78 is 0. The van der Waals surface area contributed by atoms with Crippen molar-refractivity contribution in [3.05, 3.63) is 39.9 Å². The summed E-state index contributed by atoms with van der Waals surface area (Å²) in [5, 5.41) is 32.0. The van der Waals surface area contributed by atoms with E-state index in [1.165, 1.54) is 24.3 Å². The van der Waals surface area contributed by atoms with Crippen LogP contribution in [0.1, 0.15) is 11.7 Å². The molecule has 0 saturated carbocycles. The summed E-state index contributed by atoms with van der Waals surface area (Å²) in [5.41, 5.74) is 0.500. The van der Waals surface area contributed by atoms with Crippen molar-refractivity contribution in [1.29, 1.82) is 0 Å². The van der Waals surface area contributed by atoms with Crippen molar-refractivity contribution in [3.63, 3.8) is 0 Å². The Bertz CT molecular complexity index is 348. The predicted octanol–water partition coefficient (Wildman–Crippen LogP) is 0.209. The van der Waals surface area contributed by atoms with Crippen LogP contribution in [0.3, 0.4) is 0 Å². The summed E-state index contributed by atoms with van der Waals surface area (Å²) in [7, 11) is 1.62. The van der Waals surface area contributed by atoms with E-state index in [1.54, 1.807) is 7.05 Å². The molecule has 88 valence electrons. The number of likely N-dealkylation sites (N-methyl/N-ethyl adjacent to an activating group) is 1. The minimum Gasteiger partial charge on any atom is -0.395 e. The van der Waals surface area contributed by atoms with Crippen LogP contribution >= 0.6 is 0 Å². The summed E-state index contributed by atoms with van der Waals surface area (Å²) in [5.74, 6) is 0. The third-order valence-corrected chi connectivity index (χ3v) is 2.39. The van der Waals surface area contributed by atoms with Crippen molar-refractivity contribution in [2.45, 2.75) is 12.1 Å². The topological polar surface area (TPSA) is 95.6 Å². The second kappa shape index (κ2) is 5.55. The largest absolute Gasteiger partial charge is 0.395 e. The number of hydrogen-bond acceptors (Lipinski definition) is 5. The Morgan fingerprint density at radius 1 is 1.44 bits per heavy atom. The first-order valence-electron chi connectivity index (χ1n) is 4.80. The molecule has 3 N–H and O–H groups in total. The molecule has 0 aliphatic heterocycles. The zero-order valence-corrected chi connectivity index (χ0v) is 8.83. The summed E-state index contributed by atoms with van der Waals surface area (Å²) in [6.45, 7) is -0.214. The molecule has 16 heavy (non-hydrogen) atoms. The Balaban J connectivity index is 2.84. The van der Waals surface area contributed by atoms with E-state index in [0.29, 0.717) is 5.56 Å². The van der Waals surface area contributed by atoms with Gasteiger partial charge in [-0.2, -0.15) is 0 Å². The molecule has 0 fully saturated rings. The van der Waals surface area contributed by atoms with E-state index in [-0.39, 0.29) is 12.3 Å². The smallest absolute Gasteiger partial charge is 0.269 e. The maximum atomic E-state index is 10.4. The van der Waals surface area contributed by atoms with Gasteiger partial charge in [0, 0.05) is 12.1 Å². The highest BCUT2D eigenvalue weighted by Crippen LogP contribution is 2.19. The summed E-state index contributed by atoms with van der Waals surface area (Å²) >= 11 is 0. The maximum Gasteiger partial charge on any atom is 0.269 e. The summed E-state index contributed by atoms with van der Waals surface area (Å²) in [6, 6.07) is 5.11. The molecule has 0 aromatic heterocycles. The highest BCUT2D eigenvalue weighted by Gasteiger charge is 2.18. The van der Waals surface area contributed by atoms with E-state index < -0.39 is 17.1 Å². The van der Waals surface area contributed by atoms with Crippen LogP contribution in [0, 0.1) is 10.1 Å². The van der Waals surface area contributed by atoms with Gasteiger partial charge in [0.1, 0.15) is 0 Å². The molecule has 0 bridgehead atoms. The minimum absolute atomic E-state index is 0.0269. The predicted molar refractivity (Wildman–Crippen MR) is 58.0 cm³/mol. The Morgan fingerprint density at radius 2 is 2.00 bits per heavy atom. The van der Waals surface area contributed by atoms with E-state index in [9.17, 15) is 15.2 Å². The van der Waals surface area contributed by atoms with Crippen LogP contribution in [0.2, 0.25) is 0 Å². The van der Waals surface area contributed by atoms with Crippen LogP contribution in [0.4, 0.5) is 5.69 Å². The van der Waals surface area contributed by atoms with Gasteiger partial charge in [0.15, 0.2) is 0 Å². The number of nitrogens with zero attached hydrogens (tertiary/aromatic N) is 1. The van der Waals surface area contributed by atoms with Gasteiger partial charge in [0.05, 0.1) is 23.7 Å². The average Bonchev–Trinajstić information content (AvgIpc) is 2.30. The Labute approximate surface area is 92.7 Å². The van der Waals surface area contributed by atoms with Gasteiger partial charge in [-0.1, -0.05) is 0 Å². The first-order valence-corrected chi connectivity index (χ1v) is 4.80. The van der Waals surface area contributed by atoms with Crippen molar-refractivity contribution in [2.75, 3.05) is 13.7 Å². The minimum atomic E-state index is -0.893. The van der Waals surface area contributed by atoms with Gasteiger partial charge in [-0.3, -0.25) is 10.1 Å². The molecule has 0 amide bonds. The van der Waals surface area contributed by atoms with E-state index in [4.69, 9.17) is 5.11 Å². The number of aliphatic hydroxyl groups is 2. The molecule has 0 aliphatic rings. The number of hydrogen-bond donors (Lipinski definition) is 3. The second-order valence-electron chi connectivity index (χ2n) is 3.37. The molecule has 0 aliphatic carbocycles. The number of non-ortho nitro benzene ring substituents is 1. The van der Waals surface area contributed by atoms with Crippen LogP contribution in [0.15, 0.2) is 24.3 Å². The lowest BCUT2D eigenvalue weighted by molar-refractivity contribution is -0.384. The van der Waals surface area contributed by atoms with Crippen molar-refractivity contribution >= 4 is 5.69 Å². The fourth-order valence-electron chi connectivity index (χ4n) is 1.37. The van der Waals surface area contributed by atoms with E-state index in [1.807, 2.05) is 0 Å². The quantitative estimate of drug-likeness (QED) is 0.492. The molecule has 0 heterocycles. The molecule has 6 nitrogen and oxygen atoms in total. The lowest BCUT2D eigenvalue weighted by atomic mass is 10.0. The monoisotopic (exact) mass is 226 g/mol. The third kappa shape index (κ3) is 2.75. The van der Waals surface area contributed by atoms with Gasteiger partial charge in [-0.05, 0) is 24.7 Å². The maximum absolute atomic E-state index is 10.4. The van der Waals surface area contributed by atoms with Gasteiger partial charge < -0.3 is 15.5 Å². The number of aliphatic hydroxyl groups excluding tert-OH is 2. The molecule has 0 saturated heterocycles.